The Balaban J connectivity index is 2.04. The van der Waals surface area contributed by atoms with E-state index >= 15 is 0 Å². The monoisotopic (exact) mass is 300 g/mol. The van der Waals surface area contributed by atoms with Crippen molar-refractivity contribution in [2.45, 2.75) is 33.0 Å². The van der Waals surface area contributed by atoms with Crippen LogP contribution in [0.4, 0.5) is 5.82 Å². The van der Waals surface area contributed by atoms with E-state index < -0.39 is 0 Å². The fourth-order valence-corrected chi connectivity index (χ4v) is 2.68. The molecule has 0 saturated carbocycles. The van der Waals surface area contributed by atoms with Crippen LogP contribution in [-0.4, -0.2) is 27.2 Å². The zero-order valence-electron chi connectivity index (χ0n) is 12.8. The third-order valence-electron chi connectivity index (χ3n) is 4.02. The first-order chi connectivity index (χ1) is 10.6. The second-order valence-corrected chi connectivity index (χ2v) is 5.83. The molecule has 0 atom stereocenters. The van der Waals surface area contributed by atoms with Crippen molar-refractivity contribution in [2.24, 2.45) is 0 Å². The summed E-state index contributed by atoms with van der Waals surface area (Å²) in [5, 5.41) is 3.23. The molecule has 0 spiro atoms. The first-order valence-electron chi connectivity index (χ1n) is 7.44. The van der Waals surface area contributed by atoms with E-state index in [-0.39, 0.29) is 11.2 Å². The molecule has 1 aliphatic rings. The molecular formula is C16H20N4O2. The van der Waals surface area contributed by atoms with E-state index in [2.05, 4.69) is 29.0 Å². The van der Waals surface area contributed by atoms with E-state index in [1.165, 1.54) is 0 Å². The van der Waals surface area contributed by atoms with Gasteiger partial charge in [-0.3, -0.25) is 19.2 Å². The van der Waals surface area contributed by atoms with Gasteiger partial charge in [0.2, 0.25) is 0 Å². The van der Waals surface area contributed by atoms with Gasteiger partial charge in [0.05, 0.1) is 18.8 Å². The molecule has 1 aromatic carbocycles. The summed E-state index contributed by atoms with van der Waals surface area (Å²) in [7, 11) is 0. The predicted molar refractivity (Wildman–Crippen MR) is 86.0 cm³/mol. The number of hydrogen-bond acceptors (Lipinski definition) is 4. The van der Waals surface area contributed by atoms with Gasteiger partial charge in [-0.15, -0.1) is 0 Å². The fraction of sp³-hybridized carbons (Fsp3) is 0.375. The highest BCUT2D eigenvalue weighted by molar-refractivity contribution is 5.46. The van der Waals surface area contributed by atoms with Gasteiger partial charge < -0.3 is 5.32 Å². The fourth-order valence-electron chi connectivity index (χ4n) is 2.68. The van der Waals surface area contributed by atoms with Crippen molar-refractivity contribution in [3.8, 4) is 0 Å². The molecule has 2 heterocycles. The first-order valence-corrected chi connectivity index (χ1v) is 7.44. The second-order valence-electron chi connectivity index (χ2n) is 5.83. The number of hydrogen-bond donors (Lipinski definition) is 2. The second kappa shape index (κ2) is 5.81. The number of anilines is 1. The quantitative estimate of drug-likeness (QED) is 0.893. The summed E-state index contributed by atoms with van der Waals surface area (Å²) >= 11 is 0. The van der Waals surface area contributed by atoms with Crippen LogP contribution in [0.25, 0.3) is 0 Å². The summed E-state index contributed by atoms with van der Waals surface area (Å²) in [5.41, 5.74) is 0.961. The van der Waals surface area contributed by atoms with Crippen molar-refractivity contribution in [3.63, 3.8) is 0 Å². The van der Waals surface area contributed by atoms with Crippen molar-refractivity contribution in [2.75, 3.05) is 12.0 Å². The van der Waals surface area contributed by atoms with Gasteiger partial charge in [0.25, 0.3) is 5.56 Å². The third kappa shape index (κ3) is 2.69. The Kier molecular flexibility index (Phi) is 3.85. The molecule has 0 amide bonds. The number of H-pyrrole nitrogens is 1. The lowest BCUT2D eigenvalue weighted by atomic mass is 10.2. The zero-order chi connectivity index (χ0) is 15.7. The number of benzene rings is 1. The summed E-state index contributed by atoms with van der Waals surface area (Å²) < 4.78 is 1.60. The van der Waals surface area contributed by atoms with Crippen molar-refractivity contribution < 1.29 is 0 Å². The van der Waals surface area contributed by atoms with Gasteiger partial charge in [0.1, 0.15) is 5.82 Å². The average Bonchev–Trinajstić information content (AvgIpc) is 2.52. The van der Waals surface area contributed by atoms with Crippen LogP contribution in [0.1, 0.15) is 25.0 Å². The van der Waals surface area contributed by atoms with E-state index in [9.17, 15) is 9.59 Å². The van der Waals surface area contributed by atoms with Gasteiger partial charge in [0, 0.05) is 12.6 Å². The van der Waals surface area contributed by atoms with E-state index in [1.807, 2.05) is 30.3 Å². The number of nitrogens with zero attached hydrogens (tertiary/aromatic N) is 2. The summed E-state index contributed by atoms with van der Waals surface area (Å²) in [4.78, 5) is 28.9. The highest BCUT2D eigenvalue weighted by atomic mass is 16.2. The van der Waals surface area contributed by atoms with Crippen LogP contribution in [0.2, 0.25) is 0 Å². The smallest absolute Gasteiger partial charge is 0.330 e. The van der Waals surface area contributed by atoms with Gasteiger partial charge in [-0.25, -0.2) is 4.79 Å². The molecule has 0 unspecified atom stereocenters. The molecule has 22 heavy (non-hydrogen) atoms. The molecule has 0 aliphatic carbocycles. The molecule has 3 rings (SSSR count). The Morgan fingerprint density at radius 2 is 1.91 bits per heavy atom. The lowest BCUT2D eigenvalue weighted by Gasteiger charge is -2.33. The number of nitrogens with one attached hydrogen (secondary N) is 2. The van der Waals surface area contributed by atoms with Crippen LogP contribution in [0.15, 0.2) is 39.9 Å². The minimum absolute atomic E-state index is 0.304. The van der Waals surface area contributed by atoms with Gasteiger partial charge in [-0.2, -0.15) is 0 Å². The summed E-state index contributed by atoms with van der Waals surface area (Å²) in [6.45, 7) is 5.78. The molecule has 6 heteroatoms. The molecule has 2 aromatic rings. The maximum absolute atomic E-state index is 12.2. The number of aromatic amines is 1. The van der Waals surface area contributed by atoms with E-state index in [0.29, 0.717) is 37.2 Å². The van der Waals surface area contributed by atoms with Crippen molar-refractivity contribution in [1.82, 2.24) is 14.5 Å². The van der Waals surface area contributed by atoms with Crippen molar-refractivity contribution in [1.29, 1.82) is 0 Å². The predicted octanol–water partition coefficient (Wildman–Crippen LogP) is 1.18. The Labute approximate surface area is 128 Å². The Morgan fingerprint density at radius 1 is 1.18 bits per heavy atom. The molecule has 0 fully saturated rings. The van der Waals surface area contributed by atoms with Crippen LogP contribution in [0.3, 0.4) is 0 Å². The van der Waals surface area contributed by atoms with E-state index in [0.717, 1.165) is 5.56 Å². The molecule has 2 N–H and O–H groups in total. The molecular weight excluding hydrogens is 280 g/mol. The normalized spacial score (nSPS) is 14.7. The molecule has 0 bridgehead atoms. The SMILES string of the molecule is CC(C)N1CNc2c(c(=O)[nH]c(=O)n2Cc2ccccc2)C1. The van der Waals surface area contributed by atoms with Crippen LogP contribution >= 0.6 is 0 Å². The number of fused-ring (bicyclic) bond motifs is 1. The number of aromatic nitrogens is 2. The molecule has 1 aliphatic heterocycles. The average molecular weight is 300 g/mol. The van der Waals surface area contributed by atoms with Crippen molar-refractivity contribution in [3.05, 3.63) is 62.3 Å². The zero-order valence-corrected chi connectivity index (χ0v) is 12.8. The Hall–Kier alpha value is -2.34. The maximum Gasteiger partial charge on any atom is 0.330 e. The first kappa shape index (κ1) is 14.6. The van der Waals surface area contributed by atoms with Crippen LogP contribution in [0, 0.1) is 0 Å². The third-order valence-corrected chi connectivity index (χ3v) is 4.02. The lowest BCUT2D eigenvalue weighted by molar-refractivity contribution is 0.218. The summed E-state index contributed by atoms with van der Waals surface area (Å²) in [6.07, 6.45) is 0. The van der Waals surface area contributed by atoms with Gasteiger partial charge in [-0.1, -0.05) is 30.3 Å². The van der Waals surface area contributed by atoms with Crippen LogP contribution in [-0.2, 0) is 13.1 Å². The van der Waals surface area contributed by atoms with Crippen LogP contribution in [0.5, 0.6) is 0 Å². The summed E-state index contributed by atoms with van der Waals surface area (Å²) in [6, 6.07) is 10.1. The van der Waals surface area contributed by atoms with Gasteiger partial charge in [0.15, 0.2) is 0 Å². The molecule has 0 saturated heterocycles. The maximum atomic E-state index is 12.2. The Bertz CT molecular complexity index is 777. The van der Waals surface area contributed by atoms with Crippen LogP contribution < -0.4 is 16.6 Å². The minimum atomic E-state index is -0.377. The minimum Gasteiger partial charge on any atom is -0.358 e. The van der Waals surface area contributed by atoms with E-state index in [1.54, 1.807) is 4.57 Å². The topological polar surface area (TPSA) is 70.1 Å². The largest absolute Gasteiger partial charge is 0.358 e. The Morgan fingerprint density at radius 3 is 2.59 bits per heavy atom. The molecule has 116 valence electrons. The molecule has 1 aromatic heterocycles. The highest BCUT2D eigenvalue weighted by Crippen LogP contribution is 2.19. The molecule has 6 nitrogen and oxygen atoms in total. The van der Waals surface area contributed by atoms with Gasteiger partial charge >= 0.3 is 5.69 Å². The highest BCUT2D eigenvalue weighted by Gasteiger charge is 2.23. The van der Waals surface area contributed by atoms with Gasteiger partial charge in [-0.05, 0) is 19.4 Å². The summed E-state index contributed by atoms with van der Waals surface area (Å²) in [5.74, 6) is 0.634. The van der Waals surface area contributed by atoms with E-state index in [4.69, 9.17) is 0 Å². The van der Waals surface area contributed by atoms with Crippen molar-refractivity contribution >= 4 is 5.82 Å². The lowest BCUT2D eigenvalue weighted by Crippen LogP contribution is -2.45. The molecule has 0 radical (unpaired) electrons. The standard InChI is InChI=1S/C16H20N4O2/c1-11(2)19-9-13-14(17-10-19)20(16(22)18-15(13)21)8-12-6-4-3-5-7-12/h3-7,11,17H,8-10H2,1-2H3,(H,18,21,22). The number of rotatable bonds is 3.